The second-order valence-electron chi connectivity index (χ2n) is 6.81. The Morgan fingerprint density at radius 3 is 2.61 bits per heavy atom. The van der Waals surface area contributed by atoms with Crippen molar-refractivity contribution >= 4 is 29.4 Å². The molecule has 1 unspecified atom stereocenters. The molecular weight excluding hydrogens is 406 g/mol. The average Bonchev–Trinajstić information content (AvgIpc) is 3.28. The molecule has 156 valence electrons. The SMILES string of the molecule is O=C(NC(=O)c1ccc([N+](=O)[O-])cc1)Nc1ncc2c(n1)CC(c1ccco1)CC2=O. The van der Waals surface area contributed by atoms with E-state index in [0.29, 0.717) is 23.4 Å². The lowest BCUT2D eigenvalue weighted by Crippen LogP contribution is -2.35. The number of hydrogen-bond donors (Lipinski definition) is 2. The number of nitro groups is 1. The van der Waals surface area contributed by atoms with E-state index in [0.717, 1.165) is 12.1 Å². The van der Waals surface area contributed by atoms with Gasteiger partial charge in [0.05, 0.1) is 22.4 Å². The number of imide groups is 1. The minimum Gasteiger partial charge on any atom is -0.469 e. The fourth-order valence-electron chi connectivity index (χ4n) is 3.27. The molecule has 2 N–H and O–H groups in total. The number of furan rings is 1. The molecule has 2 heterocycles. The second-order valence-corrected chi connectivity index (χ2v) is 6.81. The fraction of sp³-hybridized carbons (Fsp3) is 0.150. The number of carbonyl (C=O) groups is 3. The molecule has 0 radical (unpaired) electrons. The fourth-order valence-corrected chi connectivity index (χ4v) is 3.27. The molecule has 0 fully saturated rings. The molecule has 1 aliphatic rings. The van der Waals surface area contributed by atoms with E-state index < -0.39 is 16.9 Å². The topological polar surface area (TPSA) is 157 Å². The standard InChI is InChI=1S/C20H15N5O6/c26-16-9-12(17-2-1-7-31-17)8-15-14(16)10-21-19(22-15)24-20(28)23-18(27)11-3-5-13(6-4-11)25(29)30/h1-7,10,12H,8-9H2,(H2,21,22,23,24,27,28). The zero-order valence-corrected chi connectivity index (χ0v) is 15.9. The van der Waals surface area contributed by atoms with E-state index >= 15 is 0 Å². The Kier molecular flexibility index (Phi) is 5.22. The highest BCUT2D eigenvalue weighted by molar-refractivity contribution is 6.07. The Morgan fingerprint density at radius 2 is 1.94 bits per heavy atom. The van der Waals surface area contributed by atoms with E-state index in [2.05, 4.69) is 20.6 Å². The molecule has 1 aromatic carbocycles. The van der Waals surface area contributed by atoms with Gasteiger partial charge in [-0.15, -0.1) is 0 Å². The van der Waals surface area contributed by atoms with Gasteiger partial charge in [0, 0.05) is 42.7 Å². The van der Waals surface area contributed by atoms with Crippen LogP contribution in [0.3, 0.4) is 0 Å². The lowest BCUT2D eigenvalue weighted by atomic mass is 9.85. The van der Waals surface area contributed by atoms with Gasteiger partial charge in [-0.2, -0.15) is 0 Å². The Hall–Kier alpha value is -4.41. The lowest BCUT2D eigenvalue weighted by Gasteiger charge is -2.21. The number of hydrogen-bond acceptors (Lipinski definition) is 8. The number of aromatic nitrogens is 2. The summed E-state index contributed by atoms with van der Waals surface area (Å²) in [6.07, 6.45) is 3.60. The van der Waals surface area contributed by atoms with Crippen LogP contribution >= 0.6 is 0 Å². The number of rotatable bonds is 4. The Balaban J connectivity index is 1.43. The number of carbonyl (C=O) groups excluding carboxylic acids is 3. The Bertz CT molecular complexity index is 1170. The van der Waals surface area contributed by atoms with Crippen molar-refractivity contribution in [3.8, 4) is 0 Å². The molecule has 1 aliphatic carbocycles. The first kappa shape index (κ1) is 19.9. The van der Waals surface area contributed by atoms with Gasteiger partial charge in [0.2, 0.25) is 5.95 Å². The van der Waals surface area contributed by atoms with Crippen molar-refractivity contribution in [2.24, 2.45) is 0 Å². The highest BCUT2D eigenvalue weighted by Crippen LogP contribution is 2.32. The number of anilines is 1. The van der Waals surface area contributed by atoms with Crippen LogP contribution in [0, 0.1) is 10.1 Å². The first-order valence-electron chi connectivity index (χ1n) is 9.20. The van der Waals surface area contributed by atoms with Crippen molar-refractivity contribution in [1.82, 2.24) is 15.3 Å². The van der Waals surface area contributed by atoms with Crippen molar-refractivity contribution < 1.29 is 23.7 Å². The van der Waals surface area contributed by atoms with Crippen molar-refractivity contribution in [2.75, 3.05) is 5.32 Å². The van der Waals surface area contributed by atoms with Crippen LogP contribution in [0.25, 0.3) is 0 Å². The maximum atomic E-state index is 12.4. The molecule has 11 heteroatoms. The summed E-state index contributed by atoms with van der Waals surface area (Å²) in [6.45, 7) is 0. The van der Waals surface area contributed by atoms with Crippen LogP contribution in [0.4, 0.5) is 16.4 Å². The van der Waals surface area contributed by atoms with Gasteiger partial charge in [-0.1, -0.05) is 0 Å². The van der Waals surface area contributed by atoms with Crippen molar-refractivity contribution in [1.29, 1.82) is 0 Å². The number of fused-ring (bicyclic) bond motifs is 1. The van der Waals surface area contributed by atoms with Crippen LogP contribution < -0.4 is 10.6 Å². The van der Waals surface area contributed by atoms with E-state index in [9.17, 15) is 24.5 Å². The number of benzene rings is 1. The summed E-state index contributed by atoms with van der Waals surface area (Å²) < 4.78 is 5.39. The van der Waals surface area contributed by atoms with Gasteiger partial charge in [-0.3, -0.25) is 30.3 Å². The molecule has 0 bridgehead atoms. The number of ketones is 1. The van der Waals surface area contributed by atoms with E-state index in [1.54, 1.807) is 12.1 Å². The second kappa shape index (κ2) is 8.14. The molecule has 3 aromatic rings. The predicted octanol–water partition coefficient (Wildman–Crippen LogP) is 2.85. The number of urea groups is 1. The van der Waals surface area contributed by atoms with Crippen molar-refractivity contribution in [3.63, 3.8) is 0 Å². The molecule has 4 rings (SSSR count). The third kappa shape index (κ3) is 4.29. The highest BCUT2D eigenvalue weighted by Gasteiger charge is 2.29. The molecule has 0 spiro atoms. The number of nitro benzene ring substituents is 1. The van der Waals surface area contributed by atoms with Gasteiger partial charge in [0.25, 0.3) is 11.6 Å². The van der Waals surface area contributed by atoms with Crippen LogP contribution in [-0.2, 0) is 6.42 Å². The summed E-state index contributed by atoms with van der Waals surface area (Å²) >= 11 is 0. The molecule has 0 saturated carbocycles. The maximum Gasteiger partial charge on any atom is 0.328 e. The monoisotopic (exact) mass is 421 g/mol. The smallest absolute Gasteiger partial charge is 0.328 e. The molecule has 11 nitrogen and oxygen atoms in total. The van der Waals surface area contributed by atoms with Gasteiger partial charge >= 0.3 is 6.03 Å². The van der Waals surface area contributed by atoms with Gasteiger partial charge in [-0.05, 0) is 24.3 Å². The summed E-state index contributed by atoms with van der Waals surface area (Å²) in [5.41, 5.74) is 0.755. The summed E-state index contributed by atoms with van der Waals surface area (Å²) in [5.74, 6) is -0.417. The number of non-ortho nitro benzene ring substituents is 1. The first-order valence-corrected chi connectivity index (χ1v) is 9.20. The predicted molar refractivity (Wildman–Crippen MR) is 106 cm³/mol. The molecule has 3 amide bonds. The minimum absolute atomic E-state index is 0.0685. The molecule has 0 saturated heterocycles. The van der Waals surface area contributed by atoms with E-state index in [1.807, 2.05) is 0 Å². The van der Waals surface area contributed by atoms with Crippen LogP contribution in [0.5, 0.6) is 0 Å². The molecule has 31 heavy (non-hydrogen) atoms. The zero-order chi connectivity index (χ0) is 22.0. The largest absolute Gasteiger partial charge is 0.469 e. The van der Waals surface area contributed by atoms with Crippen molar-refractivity contribution in [2.45, 2.75) is 18.8 Å². The Labute approximate surface area is 174 Å². The quantitative estimate of drug-likeness (QED) is 0.481. The normalized spacial score (nSPS) is 15.1. The molecule has 0 aliphatic heterocycles. The summed E-state index contributed by atoms with van der Waals surface area (Å²) in [7, 11) is 0. The highest BCUT2D eigenvalue weighted by atomic mass is 16.6. The number of amides is 3. The number of nitrogens with one attached hydrogen (secondary N) is 2. The number of nitrogens with zero attached hydrogens (tertiary/aromatic N) is 3. The zero-order valence-electron chi connectivity index (χ0n) is 15.9. The van der Waals surface area contributed by atoms with E-state index in [4.69, 9.17) is 4.42 Å². The third-order valence-corrected chi connectivity index (χ3v) is 4.78. The molecular formula is C20H15N5O6. The third-order valence-electron chi connectivity index (χ3n) is 4.78. The van der Waals surface area contributed by atoms with Crippen LogP contribution in [-0.4, -0.2) is 32.6 Å². The van der Waals surface area contributed by atoms with Gasteiger partial charge in [0.15, 0.2) is 5.78 Å². The van der Waals surface area contributed by atoms with Crippen LogP contribution in [0.2, 0.25) is 0 Å². The molecule has 2 aromatic heterocycles. The average molecular weight is 421 g/mol. The first-order chi connectivity index (χ1) is 14.9. The summed E-state index contributed by atoms with van der Waals surface area (Å²) in [5, 5.41) is 15.1. The minimum atomic E-state index is -0.881. The number of Topliss-reactive ketones (excluding diaryl/α,β-unsaturated/α-hetero) is 1. The van der Waals surface area contributed by atoms with Crippen LogP contribution in [0.1, 0.15) is 44.5 Å². The molecule has 1 atom stereocenters. The van der Waals surface area contributed by atoms with Crippen LogP contribution in [0.15, 0.2) is 53.3 Å². The van der Waals surface area contributed by atoms with E-state index in [-0.39, 0.29) is 35.3 Å². The Morgan fingerprint density at radius 1 is 1.16 bits per heavy atom. The maximum absolute atomic E-state index is 12.4. The van der Waals surface area contributed by atoms with Gasteiger partial charge in [0.1, 0.15) is 5.76 Å². The van der Waals surface area contributed by atoms with Gasteiger partial charge in [-0.25, -0.2) is 14.8 Å². The van der Waals surface area contributed by atoms with Crippen molar-refractivity contribution in [3.05, 3.63) is 81.6 Å². The van der Waals surface area contributed by atoms with Gasteiger partial charge < -0.3 is 4.42 Å². The summed E-state index contributed by atoms with van der Waals surface area (Å²) in [6, 6.07) is 7.44. The van der Waals surface area contributed by atoms with E-state index in [1.165, 1.54) is 24.6 Å². The lowest BCUT2D eigenvalue weighted by molar-refractivity contribution is -0.384. The summed E-state index contributed by atoms with van der Waals surface area (Å²) in [4.78, 5) is 55.0.